The lowest BCUT2D eigenvalue weighted by molar-refractivity contribution is 0.560. The van der Waals surface area contributed by atoms with Gasteiger partial charge in [-0.1, -0.05) is 41.4 Å². The Kier molecular flexibility index (Phi) is 4.43. The molecule has 1 N–H and O–H groups in total. The van der Waals surface area contributed by atoms with Gasteiger partial charge in [0.1, 0.15) is 6.26 Å². The van der Waals surface area contributed by atoms with E-state index in [0.29, 0.717) is 23.5 Å². The summed E-state index contributed by atoms with van der Waals surface area (Å²) in [5, 5.41) is 3.92. The topological polar surface area (TPSA) is 38.1 Å². The zero-order valence-corrected chi connectivity index (χ0v) is 12.5. The Hall–Kier alpha value is -0.840. The summed E-state index contributed by atoms with van der Waals surface area (Å²) < 4.78 is 6.41. The van der Waals surface area contributed by atoms with E-state index in [1.54, 1.807) is 6.26 Å². The van der Waals surface area contributed by atoms with Crippen LogP contribution >= 0.6 is 27.5 Å². The van der Waals surface area contributed by atoms with Crippen molar-refractivity contribution < 1.29 is 4.42 Å². The third-order valence-electron chi connectivity index (χ3n) is 2.40. The van der Waals surface area contributed by atoms with E-state index < -0.39 is 0 Å². The number of hydrogen-bond donors (Lipinski definition) is 1. The van der Waals surface area contributed by atoms with E-state index in [9.17, 15) is 0 Å². The average Bonchev–Trinajstić information content (AvgIpc) is 2.78. The molecule has 0 radical (unpaired) electrons. The first-order valence-electron chi connectivity index (χ1n) is 5.69. The number of halogens is 2. The molecule has 0 aliphatic heterocycles. The summed E-state index contributed by atoms with van der Waals surface area (Å²) in [5.74, 6) is 0.543. The monoisotopic (exact) mass is 328 g/mol. The van der Waals surface area contributed by atoms with Crippen molar-refractivity contribution in [2.24, 2.45) is 0 Å². The highest BCUT2D eigenvalue weighted by molar-refractivity contribution is 9.10. The molecule has 3 nitrogen and oxygen atoms in total. The molecule has 2 rings (SSSR count). The number of nitrogens with one attached hydrogen (secondary N) is 1. The molecule has 0 unspecified atom stereocenters. The third-order valence-corrected chi connectivity index (χ3v) is 3.22. The largest absolute Gasteiger partial charge is 0.444 e. The molecule has 1 aromatic heterocycles. The van der Waals surface area contributed by atoms with Crippen molar-refractivity contribution in [2.75, 3.05) is 0 Å². The highest BCUT2D eigenvalue weighted by Crippen LogP contribution is 2.30. The third kappa shape index (κ3) is 3.34. The standard InChI is InChI=1S/C13H14BrClN2O/c1-8(2)16-6-10-7-18-13(17-10)11-5-9(14)3-4-12(11)15/h3-5,7-8,16H,6H2,1-2H3. The molecule has 0 aliphatic rings. The van der Waals surface area contributed by atoms with Crippen LogP contribution in [-0.2, 0) is 6.54 Å². The molecule has 96 valence electrons. The van der Waals surface area contributed by atoms with Crippen LogP contribution in [0.5, 0.6) is 0 Å². The van der Waals surface area contributed by atoms with Crippen molar-refractivity contribution in [3.05, 3.63) is 39.7 Å². The molecule has 2 aromatic rings. The van der Waals surface area contributed by atoms with E-state index in [1.165, 1.54) is 0 Å². The fourth-order valence-corrected chi connectivity index (χ4v) is 2.04. The summed E-state index contributed by atoms with van der Waals surface area (Å²) in [6, 6.07) is 6.01. The molecular weight excluding hydrogens is 316 g/mol. The zero-order valence-electron chi connectivity index (χ0n) is 10.2. The highest BCUT2D eigenvalue weighted by atomic mass is 79.9. The van der Waals surface area contributed by atoms with Gasteiger partial charge in [0.05, 0.1) is 16.3 Å². The van der Waals surface area contributed by atoms with Gasteiger partial charge in [0, 0.05) is 17.1 Å². The van der Waals surface area contributed by atoms with Crippen molar-refractivity contribution in [1.82, 2.24) is 10.3 Å². The number of oxazole rings is 1. The number of aromatic nitrogens is 1. The summed E-state index contributed by atoms with van der Waals surface area (Å²) >= 11 is 9.54. The number of benzene rings is 1. The lowest BCUT2D eigenvalue weighted by atomic mass is 10.2. The molecule has 18 heavy (non-hydrogen) atoms. The van der Waals surface area contributed by atoms with Crippen LogP contribution in [0.1, 0.15) is 19.5 Å². The van der Waals surface area contributed by atoms with E-state index in [0.717, 1.165) is 15.7 Å². The summed E-state index contributed by atoms with van der Waals surface area (Å²) in [5.41, 5.74) is 1.66. The first-order chi connectivity index (χ1) is 8.56. The van der Waals surface area contributed by atoms with E-state index in [2.05, 4.69) is 40.1 Å². The van der Waals surface area contributed by atoms with Gasteiger partial charge < -0.3 is 9.73 Å². The molecular formula is C13H14BrClN2O. The lowest BCUT2D eigenvalue weighted by Crippen LogP contribution is -2.21. The second-order valence-corrected chi connectivity index (χ2v) is 5.63. The number of hydrogen-bond acceptors (Lipinski definition) is 3. The van der Waals surface area contributed by atoms with Gasteiger partial charge in [-0.25, -0.2) is 4.98 Å². The minimum atomic E-state index is 0.416. The number of rotatable bonds is 4. The van der Waals surface area contributed by atoms with Crippen molar-refractivity contribution in [3.8, 4) is 11.5 Å². The molecule has 0 saturated carbocycles. The minimum absolute atomic E-state index is 0.416. The molecule has 1 heterocycles. The average molecular weight is 330 g/mol. The second-order valence-electron chi connectivity index (χ2n) is 4.30. The van der Waals surface area contributed by atoms with Crippen molar-refractivity contribution in [1.29, 1.82) is 0 Å². The van der Waals surface area contributed by atoms with Crippen LogP contribution in [0.2, 0.25) is 5.02 Å². The molecule has 0 bridgehead atoms. The fraction of sp³-hybridized carbons (Fsp3) is 0.308. The normalized spacial score (nSPS) is 11.2. The Balaban J connectivity index is 2.21. The molecule has 0 amide bonds. The SMILES string of the molecule is CC(C)NCc1coc(-c2cc(Br)ccc2Cl)n1. The van der Waals surface area contributed by atoms with Gasteiger partial charge in [-0.05, 0) is 18.2 Å². The molecule has 0 saturated heterocycles. The summed E-state index contributed by atoms with van der Waals surface area (Å²) in [6.07, 6.45) is 1.65. The summed E-state index contributed by atoms with van der Waals surface area (Å²) in [6.45, 7) is 4.87. The Labute approximate surface area is 120 Å². The van der Waals surface area contributed by atoms with Crippen molar-refractivity contribution in [2.45, 2.75) is 26.4 Å². The molecule has 5 heteroatoms. The summed E-state index contributed by atoms with van der Waals surface area (Å²) in [7, 11) is 0. The Morgan fingerprint density at radius 3 is 2.94 bits per heavy atom. The van der Waals surface area contributed by atoms with Gasteiger partial charge >= 0.3 is 0 Å². The van der Waals surface area contributed by atoms with Crippen LogP contribution in [0.3, 0.4) is 0 Å². The van der Waals surface area contributed by atoms with Gasteiger partial charge in [0.25, 0.3) is 0 Å². The number of nitrogens with zero attached hydrogens (tertiary/aromatic N) is 1. The van der Waals surface area contributed by atoms with Gasteiger partial charge in [-0.2, -0.15) is 0 Å². The van der Waals surface area contributed by atoms with E-state index in [-0.39, 0.29) is 0 Å². The summed E-state index contributed by atoms with van der Waals surface area (Å²) in [4.78, 5) is 4.42. The Bertz CT molecular complexity index is 540. The quantitative estimate of drug-likeness (QED) is 0.911. The van der Waals surface area contributed by atoms with Crippen LogP contribution in [0.15, 0.2) is 33.4 Å². The van der Waals surface area contributed by atoms with Gasteiger partial charge in [0.2, 0.25) is 5.89 Å². The van der Waals surface area contributed by atoms with Gasteiger partial charge in [0.15, 0.2) is 0 Å². The maximum Gasteiger partial charge on any atom is 0.227 e. The van der Waals surface area contributed by atoms with Crippen molar-refractivity contribution >= 4 is 27.5 Å². The van der Waals surface area contributed by atoms with E-state index in [1.807, 2.05) is 18.2 Å². The van der Waals surface area contributed by atoms with Gasteiger partial charge in [-0.15, -0.1) is 0 Å². The maximum atomic E-state index is 6.13. The first kappa shape index (κ1) is 13.6. The lowest BCUT2D eigenvalue weighted by Gasteiger charge is -2.04. The van der Waals surface area contributed by atoms with Gasteiger partial charge in [-0.3, -0.25) is 0 Å². The minimum Gasteiger partial charge on any atom is -0.444 e. The van der Waals surface area contributed by atoms with Crippen LogP contribution in [-0.4, -0.2) is 11.0 Å². The van der Waals surface area contributed by atoms with Crippen LogP contribution in [0.4, 0.5) is 0 Å². The molecule has 0 spiro atoms. The maximum absolute atomic E-state index is 6.13. The second kappa shape index (κ2) is 5.87. The first-order valence-corrected chi connectivity index (χ1v) is 6.86. The van der Waals surface area contributed by atoms with Crippen LogP contribution < -0.4 is 5.32 Å². The smallest absolute Gasteiger partial charge is 0.227 e. The molecule has 0 atom stereocenters. The molecule has 0 fully saturated rings. The fourth-order valence-electron chi connectivity index (χ4n) is 1.48. The van der Waals surface area contributed by atoms with E-state index >= 15 is 0 Å². The Morgan fingerprint density at radius 1 is 1.44 bits per heavy atom. The van der Waals surface area contributed by atoms with Crippen molar-refractivity contribution in [3.63, 3.8) is 0 Å². The zero-order chi connectivity index (χ0) is 13.1. The van der Waals surface area contributed by atoms with Crippen LogP contribution in [0, 0.1) is 0 Å². The molecule has 0 aliphatic carbocycles. The Morgan fingerprint density at radius 2 is 2.22 bits per heavy atom. The predicted octanol–water partition coefficient (Wildman–Crippen LogP) is 4.26. The highest BCUT2D eigenvalue weighted by Gasteiger charge is 2.11. The predicted molar refractivity (Wildman–Crippen MR) is 76.6 cm³/mol. The van der Waals surface area contributed by atoms with E-state index in [4.69, 9.17) is 16.0 Å². The molecule has 1 aromatic carbocycles. The van der Waals surface area contributed by atoms with Crippen LogP contribution in [0.25, 0.3) is 11.5 Å².